The third-order valence-corrected chi connectivity index (χ3v) is 5.36. The number of nitrogens with one attached hydrogen (secondary N) is 1. The Balaban J connectivity index is 0.00000300. The van der Waals surface area contributed by atoms with Crippen molar-refractivity contribution >= 4 is 47.5 Å². The van der Waals surface area contributed by atoms with Crippen LogP contribution in [0.4, 0.5) is 5.69 Å². The van der Waals surface area contributed by atoms with E-state index in [0.717, 1.165) is 44.5 Å². The van der Waals surface area contributed by atoms with Crippen LogP contribution < -0.4 is 10.2 Å². The number of carbonyl (C=O) groups excluding carboxylic acids is 2. The minimum Gasteiger partial charge on any atom is -0.466 e. The summed E-state index contributed by atoms with van der Waals surface area (Å²) in [6, 6.07) is 8.09. The number of halogens is 1. The average Bonchev–Trinajstić information content (AvgIpc) is 2.74. The molecule has 1 aromatic carbocycles. The van der Waals surface area contributed by atoms with Crippen molar-refractivity contribution in [2.45, 2.75) is 32.6 Å². The van der Waals surface area contributed by atoms with Crippen molar-refractivity contribution in [1.29, 1.82) is 0 Å². The van der Waals surface area contributed by atoms with Gasteiger partial charge in [0.25, 0.3) is 0 Å². The van der Waals surface area contributed by atoms with Gasteiger partial charge in [0.1, 0.15) is 0 Å². The fraction of sp³-hybridized carbons (Fsp3) is 0.571. The van der Waals surface area contributed by atoms with E-state index in [2.05, 4.69) is 16.4 Å². The maximum Gasteiger partial charge on any atom is 0.310 e. The molecule has 7 nitrogen and oxygen atoms in total. The van der Waals surface area contributed by atoms with E-state index in [4.69, 9.17) is 4.74 Å². The van der Waals surface area contributed by atoms with Crippen LogP contribution in [-0.2, 0) is 20.7 Å². The number of amides is 1. The van der Waals surface area contributed by atoms with Gasteiger partial charge in [-0.2, -0.15) is 0 Å². The summed E-state index contributed by atoms with van der Waals surface area (Å²) in [5.74, 6) is 0.403. The fourth-order valence-electron chi connectivity index (χ4n) is 4.00. The Bertz CT molecular complexity index is 740. The van der Waals surface area contributed by atoms with Gasteiger partial charge < -0.3 is 19.9 Å². The molecule has 0 aromatic heterocycles. The van der Waals surface area contributed by atoms with Crippen molar-refractivity contribution in [2.75, 3.05) is 44.7 Å². The summed E-state index contributed by atoms with van der Waals surface area (Å²) in [6.45, 7) is 4.53. The number of fused-ring (bicyclic) bond motifs is 1. The molecule has 1 saturated heterocycles. The molecule has 3 rings (SSSR count). The molecule has 1 amide bonds. The fourth-order valence-corrected chi connectivity index (χ4v) is 4.00. The molecule has 1 atom stereocenters. The molecule has 1 N–H and O–H groups in total. The number of hydrogen-bond acceptors (Lipinski definition) is 4. The minimum absolute atomic E-state index is 0. The van der Waals surface area contributed by atoms with Crippen LogP contribution in [0.15, 0.2) is 29.3 Å². The average molecular weight is 514 g/mol. The number of carbonyl (C=O) groups is 2. The third-order valence-electron chi connectivity index (χ3n) is 5.36. The number of aliphatic imine (C=N–C) groups is 1. The lowest BCUT2D eigenvalue weighted by Gasteiger charge is -2.34. The number of ether oxygens (including phenoxy) is 1. The van der Waals surface area contributed by atoms with Crippen LogP contribution >= 0.6 is 24.0 Å². The first kappa shape index (κ1) is 23.4. The third kappa shape index (κ3) is 5.83. The molecule has 160 valence electrons. The highest BCUT2D eigenvalue weighted by molar-refractivity contribution is 14.0. The van der Waals surface area contributed by atoms with E-state index in [0.29, 0.717) is 19.1 Å². The second-order valence-corrected chi connectivity index (χ2v) is 7.22. The standard InChI is InChI=1S/C21H30N4O3.HI/c1-3-28-20(27)17-10-6-12-24(15-17)21(22-2)23-14-19(26)25-13-7-9-16-8-4-5-11-18(16)25;/h4-5,8,11,17H,3,6-7,9-10,12-15H2,1-2H3,(H,22,23);1H/t17-;/m0./s1. The number of piperidine rings is 1. The van der Waals surface area contributed by atoms with Gasteiger partial charge in [-0.3, -0.25) is 14.6 Å². The van der Waals surface area contributed by atoms with Gasteiger partial charge >= 0.3 is 5.97 Å². The Kier molecular flexibility index (Phi) is 9.19. The number of anilines is 1. The normalized spacial score (nSPS) is 19.1. The van der Waals surface area contributed by atoms with Crippen molar-refractivity contribution in [2.24, 2.45) is 10.9 Å². The number of hydrogen-bond donors (Lipinski definition) is 1. The molecule has 2 heterocycles. The van der Waals surface area contributed by atoms with E-state index >= 15 is 0 Å². The molecule has 1 aromatic rings. The predicted molar refractivity (Wildman–Crippen MR) is 125 cm³/mol. The molecule has 0 aliphatic carbocycles. The van der Waals surface area contributed by atoms with E-state index < -0.39 is 0 Å². The number of aryl methyl sites for hydroxylation is 1. The van der Waals surface area contributed by atoms with E-state index in [-0.39, 0.29) is 48.3 Å². The van der Waals surface area contributed by atoms with Gasteiger partial charge in [0.05, 0.1) is 19.1 Å². The van der Waals surface area contributed by atoms with Crippen LogP contribution in [0, 0.1) is 5.92 Å². The van der Waals surface area contributed by atoms with Crippen molar-refractivity contribution < 1.29 is 14.3 Å². The first-order valence-corrected chi connectivity index (χ1v) is 10.1. The highest BCUT2D eigenvalue weighted by atomic mass is 127. The van der Waals surface area contributed by atoms with E-state index in [1.54, 1.807) is 7.05 Å². The Labute approximate surface area is 189 Å². The molecule has 8 heteroatoms. The zero-order valence-corrected chi connectivity index (χ0v) is 19.6. The van der Waals surface area contributed by atoms with Gasteiger partial charge in [0, 0.05) is 32.4 Å². The lowest BCUT2D eigenvalue weighted by atomic mass is 9.98. The molecule has 2 aliphatic heterocycles. The molecule has 0 bridgehead atoms. The number of likely N-dealkylation sites (tertiary alicyclic amines) is 1. The predicted octanol–water partition coefficient (Wildman–Crippen LogP) is 2.43. The number of guanidine groups is 1. The molecular weight excluding hydrogens is 483 g/mol. The summed E-state index contributed by atoms with van der Waals surface area (Å²) in [4.78, 5) is 33.1. The van der Waals surface area contributed by atoms with Crippen LogP contribution in [0.2, 0.25) is 0 Å². The van der Waals surface area contributed by atoms with Crippen LogP contribution in [0.3, 0.4) is 0 Å². The Morgan fingerprint density at radius 3 is 2.79 bits per heavy atom. The maximum absolute atomic E-state index is 12.8. The lowest BCUT2D eigenvalue weighted by molar-refractivity contribution is -0.149. The summed E-state index contributed by atoms with van der Waals surface area (Å²) in [7, 11) is 1.71. The van der Waals surface area contributed by atoms with Gasteiger partial charge in [-0.05, 0) is 44.2 Å². The Morgan fingerprint density at radius 1 is 1.24 bits per heavy atom. The number of nitrogens with zero attached hydrogens (tertiary/aromatic N) is 3. The van der Waals surface area contributed by atoms with Crippen LogP contribution in [0.1, 0.15) is 31.7 Å². The molecule has 0 saturated carbocycles. The van der Waals surface area contributed by atoms with E-state index in [1.165, 1.54) is 5.56 Å². The molecule has 0 unspecified atom stereocenters. The Hall–Kier alpha value is -1.84. The van der Waals surface area contributed by atoms with Gasteiger partial charge in [-0.25, -0.2) is 0 Å². The van der Waals surface area contributed by atoms with Crippen molar-refractivity contribution in [1.82, 2.24) is 10.2 Å². The first-order valence-electron chi connectivity index (χ1n) is 10.1. The van der Waals surface area contributed by atoms with Crippen molar-refractivity contribution in [3.63, 3.8) is 0 Å². The molecule has 2 aliphatic rings. The molecular formula is C21H31IN4O3. The zero-order chi connectivity index (χ0) is 19.9. The molecule has 0 radical (unpaired) electrons. The topological polar surface area (TPSA) is 74.2 Å². The number of rotatable bonds is 4. The van der Waals surface area contributed by atoms with Crippen LogP contribution in [0.25, 0.3) is 0 Å². The van der Waals surface area contributed by atoms with Crippen molar-refractivity contribution in [3.05, 3.63) is 29.8 Å². The lowest BCUT2D eigenvalue weighted by Crippen LogP contribution is -2.51. The minimum atomic E-state index is -0.149. The monoisotopic (exact) mass is 514 g/mol. The highest BCUT2D eigenvalue weighted by Gasteiger charge is 2.29. The second-order valence-electron chi connectivity index (χ2n) is 7.22. The number of esters is 1. The van der Waals surface area contributed by atoms with Crippen molar-refractivity contribution in [3.8, 4) is 0 Å². The van der Waals surface area contributed by atoms with Gasteiger partial charge in [0.2, 0.25) is 5.91 Å². The zero-order valence-electron chi connectivity index (χ0n) is 17.2. The van der Waals surface area contributed by atoms with Crippen LogP contribution in [-0.4, -0.2) is 62.6 Å². The Morgan fingerprint density at radius 2 is 2.03 bits per heavy atom. The summed E-state index contributed by atoms with van der Waals surface area (Å²) in [5, 5.41) is 3.19. The molecule has 29 heavy (non-hydrogen) atoms. The first-order chi connectivity index (χ1) is 13.6. The summed E-state index contributed by atoms with van der Waals surface area (Å²) >= 11 is 0. The summed E-state index contributed by atoms with van der Waals surface area (Å²) < 4.78 is 5.17. The highest BCUT2D eigenvalue weighted by Crippen LogP contribution is 2.26. The van der Waals surface area contributed by atoms with Gasteiger partial charge in [-0.15, -0.1) is 24.0 Å². The molecule has 1 fully saturated rings. The summed E-state index contributed by atoms with van der Waals surface area (Å²) in [6.07, 6.45) is 3.72. The quantitative estimate of drug-likeness (QED) is 0.289. The smallest absolute Gasteiger partial charge is 0.310 e. The SMILES string of the molecule is CCOC(=O)[C@H]1CCCN(C(=NC)NCC(=O)N2CCCc3ccccc32)C1.I. The second kappa shape index (κ2) is 11.4. The summed E-state index contributed by atoms with van der Waals surface area (Å²) in [5.41, 5.74) is 2.23. The molecule has 0 spiro atoms. The van der Waals surface area contributed by atoms with Crippen LogP contribution in [0.5, 0.6) is 0 Å². The largest absolute Gasteiger partial charge is 0.466 e. The number of benzene rings is 1. The van der Waals surface area contributed by atoms with E-state index in [9.17, 15) is 9.59 Å². The van der Waals surface area contributed by atoms with Gasteiger partial charge in [-0.1, -0.05) is 18.2 Å². The van der Waals surface area contributed by atoms with E-state index in [1.807, 2.05) is 34.9 Å². The van der Waals surface area contributed by atoms with Gasteiger partial charge in [0.15, 0.2) is 5.96 Å². The maximum atomic E-state index is 12.8. The number of para-hydroxylation sites is 1.